The zero-order valence-electron chi connectivity index (χ0n) is 11.0. The number of hydrogen-bond donors (Lipinski definition) is 2. The Hall–Kier alpha value is -1.58. The highest BCUT2D eigenvalue weighted by Crippen LogP contribution is 2.25. The van der Waals surface area contributed by atoms with Crippen LogP contribution in [0, 0.1) is 22.9 Å². The van der Waals surface area contributed by atoms with Gasteiger partial charge in [0.1, 0.15) is 0 Å². The SMILES string of the molecule is CC[C@@H](CO)NS(=O)(=O)c1cc([N+](=O)[O-])c(F)cc1C. The van der Waals surface area contributed by atoms with Gasteiger partial charge in [-0.2, -0.15) is 4.39 Å². The summed E-state index contributed by atoms with van der Waals surface area (Å²) in [6.45, 7) is 2.60. The van der Waals surface area contributed by atoms with Crippen molar-refractivity contribution < 1.29 is 22.8 Å². The molecular formula is C11H15FN2O5S. The van der Waals surface area contributed by atoms with Crippen molar-refractivity contribution in [3.63, 3.8) is 0 Å². The summed E-state index contributed by atoms with van der Waals surface area (Å²) < 4.78 is 39.8. The van der Waals surface area contributed by atoms with Crippen molar-refractivity contribution in [2.75, 3.05) is 6.61 Å². The number of benzene rings is 1. The van der Waals surface area contributed by atoms with Crippen molar-refractivity contribution in [1.82, 2.24) is 4.72 Å². The van der Waals surface area contributed by atoms with Crippen LogP contribution in [0.1, 0.15) is 18.9 Å². The molecule has 0 spiro atoms. The van der Waals surface area contributed by atoms with Crippen molar-refractivity contribution in [1.29, 1.82) is 0 Å². The van der Waals surface area contributed by atoms with Gasteiger partial charge >= 0.3 is 5.69 Å². The van der Waals surface area contributed by atoms with Crippen LogP contribution in [0.15, 0.2) is 17.0 Å². The Morgan fingerprint density at radius 3 is 2.55 bits per heavy atom. The molecule has 0 heterocycles. The first-order chi connectivity index (χ1) is 9.22. The van der Waals surface area contributed by atoms with E-state index in [1.807, 2.05) is 0 Å². The summed E-state index contributed by atoms with van der Waals surface area (Å²) in [6.07, 6.45) is 0.345. The van der Waals surface area contributed by atoms with Crippen LogP contribution >= 0.6 is 0 Å². The minimum atomic E-state index is -4.07. The smallest absolute Gasteiger partial charge is 0.306 e. The molecule has 7 nitrogen and oxygen atoms in total. The molecule has 1 rings (SSSR count). The number of nitro benzene ring substituents is 1. The number of aliphatic hydroxyl groups is 1. The molecule has 9 heteroatoms. The first-order valence-electron chi connectivity index (χ1n) is 5.80. The third kappa shape index (κ3) is 3.50. The van der Waals surface area contributed by atoms with Crippen LogP contribution < -0.4 is 4.72 Å². The fourth-order valence-corrected chi connectivity index (χ4v) is 3.16. The molecule has 20 heavy (non-hydrogen) atoms. The molecule has 0 saturated heterocycles. The molecule has 2 N–H and O–H groups in total. The normalized spacial score (nSPS) is 13.2. The van der Waals surface area contributed by atoms with Crippen LogP contribution in [0.25, 0.3) is 0 Å². The van der Waals surface area contributed by atoms with Gasteiger partial charge in [-0.3, -0.25) is 10.1 Å². The number of nitrogens with one attached hydrogen (secondary N) is 1. The monoisotopic (exact) mass is 306 g/mol. The number of aryl methyl sites for hydroxylation is 1. The summed E-state index contributed by atoms with van der Waals surface area (Å²) >= 11 is 0. The van der Waals surface area contributed by atoms with Crippen LogP contribution in [-0.2, 0) is 10.0 Å². The van der Waals surface area contributed by atoms with Gasteiger partial charge in [-0.15, -0.1) is 0 Å². The highest BCUT2D eigenvalue weighted by Gasteiger charge is 2.25. The number of sulfonamides is 1. The standard InChI is InChI=1S/C11H15FN2O5S/c1-3-8(6-15)13-20(18,19)11-5-10(14(16)17)9(12)4-7(11)2/h4-5,8,13,15H,3,6H2,1-2H3/t8-/m0/s1. The van der Waals surface area contributed by atoms with E-state index in [-0.39, 0.29) is 10.5 Å². The summed E-state index contributed by atoms with van der Waals surface area (Å²) in [5, 5.41) is 19.7. The lowest BCUT2D eigenvalue weighted by atomic mass is 10.2. The first kappa shape index (κ1) is 16.5. The molecule has 0 radical (unpaired) electrons. The topological polar surface area (TPSA) is 110 Å². The van der Waals surface area contributed by atoms with Gasteiger partial charge in [-0.1, -0.05) is 6.92 Å². The third-order valence-corrected chi connectivity index (χ3v) is 4.43. The molecule has 0 unspecified atom stereocenters. The number of rotatable bonds is 6. The van der Waals surface area contributed by atoms with Crippen molar-refractivity contribution in [3.05, 3.63) is 33.6 Å². The van der Waals surface area contributed by atoms with Gasteiger partial charge < -0.3 is 5.11 Å². The van der Waals surface area contributed by atoms with Crippen molar-refractivity contribution in [3.8, 4) is 0 Å². The quantitative estimate of drug-likeness (QED) is 0.604. The van der Waals surface area contributed by atoms with Crippen molar-refractivity contribution >= 4 is 15.7 Å². The van der Waals surface area contributed by atoms with E-state index in [0.29, 0.717) is 12.5 Å². The van der Waals surface area contributed by atoms with E-state index in [0.717, 1.165) is 6.07 Å². The Morgan fingerprint density at radius 1 is 1.50 bits per heavy atom. The van der Waals surface area contributed by atoms with Crippen molar-refractivity contribution in [2.24, 2.45) is 0 Å². The number of halogens is 1. The average Bonchev–Trinajstić information content (AvgIpc) is 2.35. The van der Waals surface area contributed by atoms with Gasteiger partial charge in [0.25, 0.3) is 0 Å². The Labute approximate surface area is 115 Å². The summed E-state index contributed by atoms with van der Waals surface area (Å²) in [7, 11) is -4.07. The molecule has 1 aromatic rings. The summed E-state index contributed by atoms with van der Waals surface area (Å²) in [4.78, 5) is 9.29. The number of nitro groups is 1. The molecule has 0 aliphatic rings. The minimum absolute atomic E-state index is 0.0494. The minimum Gasteiger partial charge on any atom is -0.395 e. The second-order valence-electron chi connectivity index (χ2n) is 4.24. The van der Waals surface area contributed by atoms with Gasteiger partial charge in [0.15, 0.2) is 0 Å². The molecule has 0 saturated carbocycles. The van der Waals surface area contributed by atoms with E-state index < -0.39 is 39.1 Å². The second kappa shape index (κ2) is 6.25. The predicted molar refractivity (Wildman–Crippen MR) is 69.3 cm³/mol. The van der Waals surface area contributed by atoms with Crippen LogP contribution in [0.5, 0.6) is 0 Å². The molecule has 1 aromatic carbocycles. The maximum Gasteiger partial charge on any atom is 0.306 e. The van der Waals surface area contributed by atoms with E-state index in [4.69, 9.17) is 5.11 Å². The number of hydrogen-bond acceptors (Lipinski definition) is 5. The lowest BCUT2D eigenvalue weighted by molar-refractivity contribution is -0.387. The lowest BCUT2D eigenvalue weighted by Crippen LogP contribution is -2.37. The van der Waals surface area contributed by atoms with Crippen LogP contribution in [-0.4, -0.2) is 31.1 Å². The second-order valence-corrected chi connectivity index (χ2v) is 5.92. The Kier molecular flexibility index (Phi) is 5.15. The molecule has 0 bridgehead atoms. The molecule has 0 aliphatic carbocycles. The molecule has 1 atom stereocenters. The Balaban J connectivity index is 3.31. The van der Waals surface area contributed by atoms with Gasteiger partial charge in [0, 0.05) is 12.1 Å². The molecule has 112 valence electrons. The Bertz CT molecular complexity index is 613. The van der Waals surface area contributed by atoms with E-state index >= 15 is 0 Å². The zero-order valence-corrected chi connectivity index (χ0v) is 11.8. The average molecular weight is 306 g/mol. The van der Waals surface area contributed by atoms with Crippen molar-refractivity contribution in [2.45, 2.75) is 31.2 Å². The van der Waals surface area contributed by atoms with E-state index in [9.17, 15) is 22.9 Å². The van der Waals surface area contributed by atoms with Gasteiger partial charge in [0.2, 0.25) is 15.8 Å². The maximum absolute atomic E-state index is 13.4. The lowest BCUT2D eigenvalue weighted by Gasteiger charge is -2.15. The predicted octanol–water partition coefficient (Wildman–Crippen LogP) is 1.09. The summed E-state index contributed by atoms with van der Waals surface area (Å²) in [6, 6.07) is 0.771. The molecule has 0 aromatic heterocycles. The third-order valence-electron chi connectivity index (χ3n) is 2.77. The van der Waals surface area contributed by atoms with Gasteiger partial charge in [0.05, 0.1) is 16.4 Å². The van der Waals surface area contributed by atoms with Gasteiger partial charge in [-0.05, 0) is 25.0 Å². The first-order valence-corrected chi connectivity index (χ1v) is 7.29. The summed E-state index contributed by atoms with van der Waals surface area (Å²) in [5.41, 5.74) is -0.860. The van der Waals surface area contributed by atoms with Gasteiger partial charge in [-0.25, -0.2) is 13.1 Å². The Morgan fingerprint density at radius 2 is 2.10 bits per heavy atom. The summed E-state index contributed by atoms with van der Waals surface area (Å²) in [5.74, 6) is -1.10. The number of aliphatic hydroxyl groups excluding tert-OH is 1. The fourth-order valence-electron chi connectivity index (χ4n) is 1.60. The highest BCUT2D eigenvalue weighted by atomic mass is 32.2. The van der Waals surface area contributed by atoms with Crippen LogP contribution in [0.2, 0.25) is 0 Å². The maximum atomic E-state index is 13.4. The largest absolute Gasteiger partial charge is 0.395 e. The van der Waals surface area contributed by atoms with E-state index in [1.165, 1.54) is 6.92 Å². The fraction of sp³-hybridized carbons (Fsp3) is 0.455. The molecule has 0 aliphatic heterocycles. The van der Waals surface area contributed by atoms with E-state index in [1.54, 1.807) is 6.92 Å². The van der Waals surface area contributed by atoms with E-state index in [2.05, 4.69) is 4.72 Å². The molecular weight excluding hydrogens is 291 g/mol. The highest BCUT2D eigenvalue weighted by molar-refractivity contribution is 7.89. The van der Waals surface area contributed by atoms with Crippen LogP contribution in [0.4, 0.5) is 10.1 Å². The molecule has 0 fully saturated rings. The molecule has 0 amide bonds. The van der Waals surface area contributed by atoms with Crippen LogP contribution in [0.3, 0.4) is 0 Å². The zero-order chi connectivity index (χ0) is 15.5. The number of nitrogens with zero attached hydrogens (tertiary/aromatic N) is 1.